The Morgan fingerprint density at radius 3 is 2.94 bits per heavy atom. The first-order valence-electron chi connectivity index (χ1n) is 5.31. The van der Waals surface area contributed by atoms with E-state index in [4.69, 9.17) is 6.42 Å². The number of terminal acetylenes is 1. The molecule has 5 nitrogen and oxygen atoms in total. The van der Waals surface area contributed by atoms with Crippen LogP contribution < -0.4 is 10.6 Å². The van der Waals surface area contributed by atoms with Gasteiger partial charge in [0.25, 0.3) is 0 Å². The zero-order valence-electron chi connectivity index (χ0n) is 9.45. The number of nitrogens with zero attached hydrogens (tertiary/aromatic N) is 1. The van der Waals surface area contributed by atoms with E-state index in [-0.39, 0.29) is 24.4 Å². The molecule has 0 aromatic rings. The summed E-state index contributed by atoms with van der Waals surface area (Å²) in [6.45, 7) is 3.67. The zero-order valence-corrected chi connectivity index (χ0v) is 9.45. The highest BCUT2D eigenvalue weighted by molar-refractivity contribution is 5.78. The van der Waals surface area contributed by atoms with Gasteiger partial charge in [-0.2, -0.15) is 0 Å². The smallest absolute Gasteiger partial charge is 0.234 e. The van der Waals surface area contributed by atoms with Crippen molar-refractivity contribution < 1.29 is 9.59 Å². The molecule has 0 bridgehead atoms. The van der Waals surface area contributed by atoms with Gasteiger partial charge in [0, 0.05) is 26.1 Å². The summed E-state index contributed by atoms with van der Waals surface area (Å²) in [5.74, 6) is 2.26. The fourth-order valence-electron chi connectivity index (χ4n) is 1.79. The SMILES string of the molecule is C#CCNC(=O)CN1CCC(NC(C)=O)C1. The number of hydrogen-bond acceptors (Lipinski definition) is 3. The van der Waals surface area contributed by atoms with Crippen LogP contribution in [0.2, 0.25) is 0 Å². The molecule has 0 radical (unpaired) electrons. The molecule has 0 aliphatic carbocycles. The average Bonchev–Trinajstić information content (AvgIpc) is 2.61. The number of hydrogen-bond donors (Lipinski definition) is 2. The van der Waals surface area contributed by atoms with Gasteiger partial charge >= 0.3 is 0 Å². The molecule has 5 heteroatoms. The number of rotatable bonds is 4. The number of amides is 2. The molecule has 1 fully saturated rings. The topological polar surface area (TPSA) is 61.4 Å². The Balaban J connectivity index is 2.23. The van der Waals surface area contributed by atoms with Gasteiger partial charge in [-0.3, -0.25) is 14.5 Å². The van der Waals surface area contributed by atoms with Gasteiger partial charge in [0.2, 0.25) is 11.8 Å². The zero-order chi connectivity index (χ0) is 12.0. The van der Waals surface area contributed by atoms with Gasteiger partial charge in [-0.1, -0.05) is 5.92 Å². The normalized spacial score (nSPS) is 20.1. The van der Waals surface area contributed by atoms with Gasteiger partial charge in [0.05, 0.1) is 13.1 Å². The van der Waals surface area contributed by atoms with Crippen molar-refractivity contribution in [3.8, 4) is 12.3 Å². The van der Waals surface area contributed by atoms with Crippen molar-refractivity contribution in [2.45, 2.75) is 19.4 Å². The van der Waals surface area contributed by atoms with Gasteiger partial charge in [0.15, 0.2) is 0 Å². The van der Waals surface area contributed by atoms with E-state index in [1.54, 1.807) is 0 Å². The van der Waals surface area contributed by atoms with E-state index in [1.807, 2.05) is 4.90 Å². The first-order chi connectivity index (χ1) is 7.61. The van der Waals surface area contributed by atoms with Crippen LogP contribution in [0.1, 0.15) is 13.3 Å². The number of likely N-dealkylation sites (tertiary alicyclic amines) is 1. The van der Waals surface area contributed by atoms with E-state index in [2.05, 4.69) is 16.6 Å². The minimum atomic E-state index is -0.0681. The van der Waals surface area contributed by atoms with Crippen LogP contribution in [0.3, 0.4) is 0 Å². The summed E-state index contributed by atoms with van der Waals surface area (Å²) in [7, 11) is 0. The highest BCUT2D eigenvalue weighted by atomic mass is 16.2. The molecule has 1 rings (SSSR count). The van der Waals surface area contributed by atoms with Crippen molar-refractivity contribution >= 4 is 11.8 Å². The monoisotopic (exact) mass is 223 g/mol. The average molecular weight is 223 g/mol. The van der Waals surface area contributed by atoms with Gasteiger partial charge in [-0.05, 0) is 6.42 Å². The Morgan fingerprint density at radius 1 is 1.56 bits per heavy atom. The first-order valence-corrected chi connectivity index (χ1v) is 5.31. The quantitative estimate of drug-likeness (QED) is 0.598. The highest BCUT2D eigenvalue weighted by Gasteiger charge is 2.24. The second-order valence-corrected chi connectivity index (χ2v) is 3.90. The van der Waals surface area contributed by atoms with E-state index in [0.29, 0.717) is 6.54 Å². The molecular weight excluding hydrogens is 206 g/mol. The van der Waals surface area contributed by atoms with Gasteiger partial charge in [0.1, 0.15) is 0 Å². The van der Waals surface area contributed by atoms with Crippen LogP contribution in [0.5, 0.6) is 0 Å². The lowest BCUT2D eigenvalue weighted by Gasteiger charge is -2.15. The van der Waals surface area contributed by atoms with E-state index in [1.165, 1.54) is 6.92 Å². The lowest BCUT2D eigenvalue weighted by Crippen LogP contribution is -2.39. The third kappa shape index (κ3) is 4.32. The lowest BCUT2D eigenvalue weighted by molar-refractivity contribution is -0.121. The summed E-state index contributed by atoms with van der Waals surface area (Å²) in [4.78, 5) is 24.2. The molecule has 16 heavy (non-hydrogen) atoms. The Kier molecular flexibility index (Phi) is 4.80. The molecule has 1 atom stereocenters. The summed E-state index contributed by atoms with van der Waals surface area (Å²) in [5, 5.41) is 5.45. The predicted octanol–water partition coefficient (Wildman–Crippen LogP) is -1.05. The molecular formula is C11H17N3O2. The van der Waals surface area contributed by atoms with Crippen LogP contribution in [0, 0.1) is 12.3 Å². The molecule has 0 aromatic carbocycles. The van der Waals surface area contributed by atoms with Gasteiger partial charge < -0.3 is 10.6 Å². The molecule has 0 aromatic heterocycles. The summed E-state index contributed by atoms with van der Waals surface area (Å²) in [5.41, 5.74) is 0. The summed E-state index contributed by atoms with van der Waals surface area (Å²) < 4.78 is 0. The van der Waals surface area contributed by atoms with Crippen molar-refractivity contribution in [3.63, 3.8) is 0 Å². The Morgan fingerprint density at radius 2 is 2.31 bits per heavy atom. The summed E-state index contributed by atoms with van der Waals surface area (Å²) >= 11 is 0. The molecule has 1 aliphatic heterocycles. The molecule has 88 valence electrons. The minimum Gasteiger partial charge on any atom is -0.352 e. The van der Waals surface area contributed by atoms with Crippen molar-refractivity contribution in [1.82, 2.24) is 15.5 Å². The third-order valence-corrected chi connectivity index (χ3v) is 2.43. The predicted molar refractivity (Wildman–Crippen MR) is 60.5 cm³/mol. The van der Waals surface area contributed by atoms with Gasteiger partial charge in [-0.15, -0.1) is 6.42 Å². The van der Waals surface area contributed by atoms with E-state index in [9.17, 15) is 9.59 Å². The minimum absolute atomic E-state index is 0.0244. The van der Waals surface area contributed by atoms with Crippen molar-refractivity contribution in [2.75, 3.05) is 26.2 Å². The van der Waals surface area contributed by atoms with E-state index >= 15 is 0 Å². The van der Waals surface area contributed by atoms with Crippen LogP contribution in [0.25, 0.3) is 0 Å². The van der Waals surface area contributed by atoms with Crippen molar-refractivity contribution in [3.05, 3.63) is 0 Å². The molecule has 0 spiro atoms. The summed E-state index contributed by atoms with van der Waals surface area (Å²) in [6, 6.07) is 0.165. The van der Waals surface area contributed by atoms with Crippen LogP contribution in [-0.4, -0.2) is 48.9 Å². The fourth-order valence-corrected chi connectivity index (χ4v) is 1.79. The van der Waals surface area contributed by atoms with Crippen molar-refractivity contribution in [2.24, 2.45) is 0 Å². The maximum Gasteiger partial charge on any atom is 0.234 e. The molecule has 1 saturated heterocycles. The maximum absolute atomic E-state index is 11.4. The number of nitrogens with one attached hydrogen (secondary N) is 2. The van der Waals surface area contributed by atoms with Crippen molar-refractivity contribution in [1.29, 1.82) is 0 Å². The third-order valence-electron chi connectivity index (χ3n) is 2.43. The van der Waals surface area contributed by atoms with Gasteiger partial charge in [-0.25, -0.2) is 0 Å². The van der Waals surface area contributed by atoms with Crippen LogP contribution in [0.4, 0.5) is 0 Å². The lowest BCUT2D eigenvalue weighted by atomic mass is 10.3. The van der Waals surface area contributed by atoms with Crippen LogP contribution >= 0.6 is 0 Å². The molecule has 2 amide bonds. The van der Waals surface area contributed by atoms with Crippen LogP contribution in [0.15, 0.2) is 0 Å². The molecule has 1 aliphatic rings. The molecule has 1 heterocycles. The second-order valence-electron chi connectivity index (χ2n) is 3.90. The van der Waals surface area contributed by atoms with Crippen LogP contribution in [-0.2, 0) is 9.59 Å². The Hall–Kier alpha value is -1.54. The van der Waals surface area contributed by atoms with E-state index in [0.717, 1.165) is 19.5 Å². The maximum atomic E-state index is 11.4. The second kappa shape index (κ2) is 6.13. The highest BCUT2D eigenvalue weighted by Crippen LogP contribution is 2.08. The molecule has 2 N–H and O–H groups in total. The number of carbonyl (C=O) groups excluding carboxylic acids is 2. The Labute approximate surface area is 95.6 Å². The number of carbonyl (C=O) groups is 2. The molecule has 0 saturated carbocycles. The van der Waals surface area contributed by atoms with E-state index < -0.39 is 0 Å². The first kappa shape index (κ1) is 12.5. The summed E-state index contributed by atoms with van der Waals surface area (Å²) in [6.07, 6.45) is 5.93. The Bertz CT molecular complexity index is 309. The largest absolute Gasteiger partial charge is 0.352 e. The fraction of sp³-hybridized carbons (Fsp3) is 0.636. The molecule has 1 unspecified atom stereocenters. The standard InChI is InChI=1S/C11H17N3O2/c1-3-5-12-11(16)8-14-6-4-10(7-14)13-9(2)15/h1,10H,4-8H2,2H3,(H,12,16)(H,13,15).